The zero-order valence-electron chi connectivity index (χ0n) is 11.3. The summed E-state index contributed by atoms with van der Waals surface area (Å²) in [6.45, 7) is 2.27. The van der Waals surface area contributed by atoms with Gasteiger partial charge in [-0.15, -0.1) is 0 Å². The normalized spacial score (nSPS) is 9.83. The van der Waals surface area contributed by atoms with Crippen LogP contribution in [0.4, 0.5) is 0 Å². The molecule has 2 rings (SSSR count). The summed E-state index contributed by atoms with van der Waals surface area (Å²) in [5.41, 5.74) is 1.53. The van der Waals surface area contributed by atoms with Crippen molar-refractivity contribution in [1.29, 1.82) is 0 Å². The Morgan fingerprint density at radius 3 is 2.11 bits per heavy atom. The third-order valence-electron chi connectivity index (χ3n) is 2.82. The number of rotatable bonds is 7. The molecule has 0 amide bonds. The van der Waals surface area contributed by atoms with Crippen LogP contribution in [0.3, 0.4) is 0 Å². The molecular formula is C16H24S2. The highest BCUT2D eigenvalue weighted by Crippen LogP contribution is 2.12. The zero-order chi connectivity index (χ0) is 12.9. The number of thiophene rings is 2. The lowest BCUT2D eigenvalue weighted by Gasteiger charge is -1.99. The Kier molecular flexibility index (Phi) is 9.87. The van der Waals surface area contributed by atoms with Crippen molar-refractivity contribution in [2.75, 3.05) is 0 Å². The third-order valence-corrected chi connectivity index (χ3v) is 4.19. The lowest BCUT2D eigenvalue weighted by Crippen LogP contribution is -1.83. The fourth-order valence-corrected chi connectivity index (χ4v) is 2.93. The van der Waals surface area contributed by atoms with E-state index in [2.05, 4.69) is 23.8 Å². The Morgan fingerprint density at radius 2 is 1.56 bits per heavy atom. The fraction of sp³-hybridized carbons (Fsp3) is 0.500. The van der Waals surface area contributed by atoms with Crippen molar-refractivity contribution in [2.45, 2.75) is 51.9 Å². The summed E-state index contributed by atoms with van der Waals surface area (Å²) in [6, 6.07) is 6.28. The van der Waals surface area contributed by atoms with Gasteiger partial charge in [-0.1, -0.05) is 51.2 Å². The van der Waals surface area contributed by atoms with Crippen LogP contribution in [0.15, 0.2) is 39.7 Å². The Bertz CT molecular complexity index is 318. The molecule has 2 aromatic rings. The molecule has 0 N–H and O–H groups in total. The van der Waals surface area contributed by atoms with Crippen LogP contribution < -0.4 is 0 Å². The van der Waals surface area contributed by atoms with E-state index in [0.29, 0.717) is 0 Å². The summed E-state index contributed by atoms with van der Waals surface area (Å²) in [5.74, 6) is 0. The zero-order valence-corrected chi connectivity index (χ0v) is 12.9. The van der Waals surface area contributed by atoms with Crippen molar-refractivity contribution >= 4 is 22.7 Å². The molecule has 18 heavy (non-hydrogen) atoms. The molecule has 2 heteroatoms. The topological polar surface area (TPSA) is 0 Å². The first kappa shape index (κ1) is 15.5. The average Bonchev–Trinajstić information content (AvgIpc) is 3.07. The van der Waals surface area contributed by atoms with Gasteiger partial charge in [0.2, 0.25) is 0 Å². The lowest BCUT2D eigenvalue weighted by atomic mass is 10.1. The summed E-state index contributed by atoms with van der Waals surface area (Å²) in [5, 5.41) is 8.53. The molecule has 0 nitrogen and oxygen atoms in total. The highest BCUT2D eigenvalue weighted by molar-refractivity contribution is 7.08. The lowest BCUT2D eigenvalue weighted by molar-refractivity contribution is 0.608. The van der Waals surface area contributed by atoms with Crippen molar-refractivity contribution in [3.05, 3.63) is 45.3 Å². The molecule has 0 aliphatic carbocycles. The minimum absolute atomic E-state index is 1.29. The standard InChI is InChI=1S/C12H20S.C4H4S/c1-2-3-4-5-6-7-8-12-9-10-13-11-12;1-2-4-5-3-1/h9-11H,2-8H2,1H3;1-4H. The molecule has 0 aromatic carbocycles. The quantitative estimate of drug-likeness (QED) is 0.515. The van der Waals surface area contributed by atoms with E-state index in [4.69, 9.17) is 0 Å². The van der Waals surface area contributed by atoms with E-state index in [-0.39, 0.29) is 0 Å². The van der Waals surface area contributed by atoms with Crippen LogP contribution in [0, 0.1) is 0 Å². The molecule has 2 heterocycles. The largest absolute Gasteiger partial charge is 0.152 e. The van der Waals surface area contributed by atoms with E-state index in [1.807, 2.05) is 34.2 Å². The molecule has 0 fully saturated rings. The predicted molar refractivity (Wildman–Crippen MR) is 85.7 cm³/mol. The molecule has 0 bridgehead atoms. The third kappa shape index (κ3) is 8.48. The minimum atomic E-state index is 1.29. The summed E-state index contributed by atoms with van der Waals surface area (Å²) >= 11 is 3.52. The van der Waals surface area contributed by atoms with Crippen molar-refractivity contribution < 1.29 is 0 Å². The average molecular weight is 281 g/mol. The van der Waals surface area contributed by atoms with Gasteiger partial charge in [0.15, 0.2) is 0 Å². The van der Waals surface area contributed by atoms with Gasteiger partial charge >= 0.3 is 0 Å². The molecule has 0 unspecified atom stereocenters. The molecular weight excluding hydrogens is 256 g/mol. The maximum atomic E-state index is 2.27. The van der Waals surface area contributed by atoms with E-state index in [1.54, 1.807) is 11.3 Å². The van der Waals surface area contributed by atoms with Crippen molar-refractivity contribution in [2.24, 2.45) is 0 Å². The molecule has 0 saturated carbocycles. The predicted octanol–water partition coefficient (Wildman–Crippen LogP) is 6.40. The van der Waals surface area contributed by atoms with Gasteiger partial charge in [0.1, 0.15) is 0 Å². The maximum Gasteiger partial charge on any atom is -0.00613 e. The van der Waals surface area contributed by atoms with E-state index in [9.17, 15) is 0 Å². The van der Waals surface area contributed by atoms with Gasteiger partial charge in [-0.05, 0) is 46.0 Å². The van der Waals surface area contributed by atoms with Gasteiger partial charge in [-0.25, -0.2) is 0 Å². The number of hydrogen-bond acceptors (Lipinski definition) is 2. The van der Waals surface area contributed by atoms with Crippen molar-refractivity contribution in [1.82, 2.24) is 0 Å². The van der Waals surface area contributed by atoms with Crippen LogP contribution in [0.5, 0.6) is 0 Å². The Morgan fingerprint density at radius 1 is 0.833 bits per heavy atom. The van der Waals surface area contributed by atoms with Gasteiger partial charge in [0.05, 0.1) is 0 Å². The Balaban J connectivity index is 0.000000269. The molecule has 100 valence electrons. The van der Waals surface area contributed by atoms with E-state index in [1.165, 1.54) is 50.5 Å². The van der Waals surface area contributed by atoms with Crippen molar-refractivity contribution in [3.63, 3.8) is 0 Å². The fourth-order valence-electron chi connectivity index (χ4n) is 1.77. The number of unbranched alkanes of at least 4 members (excludes halogenated alkanes) is 5. The van der Waals surface area contributed by atoms with Crippen LogP contribution in [-0.2, 0) is 6.42 Å². The van der Waals surface area contributed by atoms with Crippen LogP contribution in [0.25, 0.3) is 0 Å². The molecule has 0 aliphatic heterocycles. The van der Waals surface area contributed by atoms with Gasteiger partial charge in [0.25, 0.3) is 0 Å². The summed E-state index contributed by atoms with van der Waals surface area (Å²) in [7, 11) is 0. The first-order chi connectivity index (χ1) is 8.93. The smallest absolute Gasteiger partial charge is 0.00613 e. The van der Waals surface area contributed by atoms with Crippen LogP contribution in [0.1, 0.15) is 51.0 Å². The highest BCUT2D eigenvalue weighted by atomic mass is 32.1. The monoisotopic (exact) mass is 280 g/mol. The second-order valence-corrected chi connectivity index (χ2v) is 6.04. The second kappa shape index (κ2) is 11.5. The second-order valence-electron chi connectivity index (χ2n) is 4.44. The Hall–Kier alpha value is -0.600. The summed E-state index contributed by atoms with van der Waals surface area (Å²) in [6.07, 6.45) is 9.70. The van der Waals surface area contributed by atoms with Gasteiger partial charge < -0.3 is 0 Å². The minimum Gasteiger partial charge on any atom is -0.152 e. The summed E-state index contributed by atoms with van der Waals surface area (Å²) < 4.78 is 0. The van der Waals surface area contributed by atoms with Gasteiger partial charge in [-0.2, -0.15) is 22.7 Å². The first-order valence-electron chi connectivity index (χ1n) is 6.91. The van der Waals surface area contributed by atoms with Gasteiger partial charge in [0, 0.05) is 0 Å². The van der Waals surface area contributed by atoms with E-state index >= 15 is 0 Å². The van der Waals surface area contributed by atoms with Crippen LogP contribution in [-0.4, -0.2) is 0 Å². The highest BCUT2D eigenvalue weighted by Gasteiger charge is 1.93. The number of hydrogen-bond donors (Lipinski definition) is 0. The molecule has 0 spiro atoms. The summed E-state index contributed by atoms with van der Waals surface area (Å²) in [4.78, 5) is 0. The SMILES string of the molecule is CCCCCCCCc1ccsc1.c1ccsc1. The Labute approximate surface area is 120 Å². The molecule has 0 aliphatic rings. The molecule has 0 radical (unpaired) electrons. The molecule has 2 aromatic heterocycles. The van der Waals surface area contributed by atoms with E-state index in [0.717, 1.165) is 0 Å². The van der Waals surface area contributed by atoms with Crippen LogP contribution >= 0.6 is 22.7 Å². The van der Waals surface area contributed by atoms with E-state index < -0.39 is 0 Å². The van der Waals surface area contributed by atoms with Crippen LogP contribution in [0.2, 0.25) is 0 Å². The first-order valence-corrected chi connectivity index (χ1v) is 8.80. The molecule has 0 saturated heterocycles. The maximum absolute atomic E-state index is 2.27. The van der Waals surface area contributed by atoms with Gasteiger partial charge in [-0.3, -0.25) is 0 Å². The van der Waals surface area contributed by atoms with Crippen molar-refractivity contribution in [3.8, 4) is 0 Å². The molecule has 0 atom stereocenters. The number of aryl methyl sites for hydroxylation is 1.